The molecule has 0 bridgehead atoms. The summed E-state index contributed by atoms with van der Waals surface area (Å²) in [6.07, 6.45) is 13.0. The summed E-state index contributed by atoms with van der Waals surface area (Å²) in [6, 6.07) is 0. The first-order chi connectivity index (χ1) is 10.3. The van der Waals surface area contributed by atoms with Crippen LogP contribution >= 0.6 is 0 Å². The molecule has 0 unspecified atom stereocenters. The molecule has 0 aromatic carbocycles. The summed E-state index contributed by atoms with van der Waals surface area (Å²) in [5.41, 5.74) is 4.67. The second-order valence-corrected chi connectivity index (χ2v) is 6.19. The minimum absolute atomic E-state index is 0.179. The molecule has 0 saturated heterocycles. The van der Waals surface area contributed by atoms with Crippen molar-refractivity contribution in [2.24, 2.45) is 0 Å². The van der Waals surface area contributed by atoms with Crippen molar-refractivity contribution in [2.75, 3.05) is 0 Å². The van der Waals surface area contributed by atoms with Gasteiger partial charge in [0.25, 0.3) is 0 Å². The van der Waals surface area contributed by atoms with Crippen molar-refractivity contribution in [3.63, 3.8) is 0 Å². The molecule has 0 radical (unpaired) electrons. The third kappa shape index (κ3) is 12.1. The van der Waals surface area contributed by atoms with Gasteiger partial charge in [-0.25, -0.2) is 0 Å². The molecule has 0 aliphatic heterocycles. The van der Waals surface area contributed by atoms with Crippen molar-refractivity contribution in [3.05, 3.63) is 46.6 Å². The molecule has 0 aromatic rings. The zero-order valence-electron chi connectivity index (χ0n) is 14.7. The molecule has 0 rings (SSSR count). The topological polar surface area (TPSA) is 34.1 Å². The van der Waals surface area contributed by atoms with Gasteiger partial charge in [-0.1, -0.05) is 34.4 Å². The number of allylic oxidation sites excluding steroid dienone is 8. The fraction of sp³-hybridized carbons (Fsp3) is 0.500. The van der Waals surface area contributed by atoms with Gasteiger partial charge in [-0.05, 0) is 72.5 Å². The largest absolute Gasteiger partial charge is 0.299 e. The molecule has 122 valence electrons. The van der Waals surface area contributed by atoms with E-state index in [2.05, 4.69) is 19.1 Å². The molecule has 0 aromatic heterocycles. The quantitative estimate of drug-likeness (QED) is 0.303. The highest BCUT2D eigenvalue weighted by Crippen LogP contribution is 2.12. The lowest BCUT2D eigenvalue weighted by Gasteiger charge is -2.02. The van der Waals surface area contributed by atoms with Gasteiger partial charge in [0.2, 0.25) is 0 Å². The van der Waals surface area contributed by atoms with Crippen LogP contribution in [-0.4, -0.2) is 12.1 Å². The molecular formula is C20H30O2. The van der Waals surface area contributed by atoms with E-state index in [0.717, 1.165) is 48.7 Å². The maximum atomic E-state index is 11.7. The predicted octanol–water partition coefficient (Wildman–Crippen LogP) is 5.51. The van der Waals surface area contributed by atoms with Gasteiger partial charge >= 0.3 is 0 Å². The van der Waals surface area contributed by atoms with Crippen LogP contribution in [0.3, 0.4) is 0 Å². The number of carbonyl (C=O) groups is 2. The molecule has 0 fully saturated rings. The molecule has 0 aliphatic carbocycles. The second-order valence-electron chi connectivity index (χ2n) is 6.19. The molecule has 0 heterocycles. The summed E-state index contributed by atoms with van der Waals surface area (Å²) >= 11 is 0. The highest BCUT2D eigenvalue weighted by Gasteiger charge is 1.99. The summed E-state index contributed by atoms with van der Waals surface area (Å²) in [5.74, 6) is 0.179. The van der Waals surface area contributed by atoms with Crippen LogP contribution in [0.1, 0.15) is 66.7 Å². The highest BCUT2D eigenvalue weighted by molar-refractivity contribution is 5.91. The summed E-state index contributed by atoms with van der Waals surface area (Å²) < 4.78 is 0. The maximum absolute atomic E-state index is 11.7. The van der Waals surface area contributed by atoms with Crippen LogP contribution in [0, 0.1) is 0 Å². The van der Waals surface area contributed by atoms with Gasteiger partial charge in [0.15, 0.2) is 5.78 Å². The Kier molecular flexibility index (Phi) is 11.0. The number of ketones is 1. The lowest BCUT2D eigenvalue weighted by Crippen LogP contribution is -1.94. The highest BCUT2D eigenvalue weighted by atomic mass is 16.1. The second kappa shape index (κ2) is 11.9. The van der Waals surface area contributed by atoms with Crippen molar-refractivity contribution in [2.45, 2.75) is 66.7 Å². The maximum Gasteiger partial charge on any atom is 0.159 e. The number of rotatable bonds is 10. The average Bonchev–Trinajstić information content (AvgIpc) is 2.37. The van der Waals surface area contributed by atoms with E-state index in [1.807, 2.05) is 27.7 Å². The SMILES string of the molecule is CC(C)=CC(=O)C/C(C)=C/CC/C(C)=C/CC/C(C)=C/C=O. The van der Waals surface area contributed by atoms with Gasteiger partial charge in [-0.15, -0.1) is 0 Å². The van der Waals surface area contributed by atoms with Crippen LogP contribution in [0.15, 0.2) is 46.6 Å². The van der Waals surface area contributed by atoms with Gasteiger partial charge < -0.3 is 0 Å². The lowest BCUT2D eigenvalue weighted by molar-refractivity contribution is -0.114. The minimum atomic E-state index is 0.179. The van der Waals surface area contributed by atoms with E-state index in [9.17, 15) is 9.59 Å². The van der Waals surface area contributed by atoms with Crippen LogP contribution in [-0.2, 0) is 9.59 Å². The molecule has 0 atom stereocenters. The van der Waals surface area contributed by atoms with Crippen LogP contribution in [0.4, 0.5) is 0 Å². The third-order valence-electron chi connectivity index (χ3n) is 3.32. The Morgan fingerprint density at radius 1 is 0.818 bits per heavy atom. The zero-order valence-corrected chi connectivity index (χ0v) is 14.7. The Labute approximate surface area is 135 Å². The molecule has 0 saturated carbocycles. The van der Waals surface area contributed by atoms with Crippen molar-refractivity contribution in [3.8, 4) is 0 Å². The summed E-state index contributed by atoms with van der Waals surface area (Å²) in [4.78, 5) is 22.0. The molecular weight excluding hydrogens is 272 g/mol. The predicted molar refractivity (Wildman–Crippen MR) is 94.9 cm³/mol. The first kappa shape index (κ1) is 20.3. The number of aldehydes is 1. The molecule has 0 aliphatic rings. The van der Waals surface area contributed by atoms with Gasteiger partial charge in [0.05, 0.1) is 0 Å². The van der Waals surface area contributed by atoms with Crippen LogP contribution < -0.4 is 0 Å². The van der Waals surface area contributed by atoms with Crippen molar-refractivity contribution < 1.29 is 9.59 Å². The number of carbonyl (C=O) groups excluding carboxylic acids is 2. The summed E-state index contributed by atoms with van der Waals surface area (Å²) in [5, 5.41) is 0. The first-order valence-corrected chi connectivity index (χ1v) is 7.95. The fourth-order valence-electron chi connectivity index (χ4n) is 2.11. The van der Waals surface area contributed by atoms with Gasteiger partial charge in [0.1, 0.15) is 6.29 Å². The molecule has 0 amide bonds. The Hall–Kier alpha value is -1.70. The molecule has 2 heteroatoms. The zero-order chi connectivity index (χ0) is 17.0. The van der Waals surface area contributed by atoms with E-state index in [4.69, 9.17) is 0 Å². The fourth-order valence-corrected chi connectivity index (χ4v) is 2.11. The van der Waals surface area contributed by atoms with Gasteiger partial charge in [-0.2, -0.15) is 0 Å². The molecule has 0 N–H and O–H groups in total. The van der Waals surface area contributed by atoms with Crippen LogP contribution in [0.25, 0.3) is 0 Å². The number of hydrogen-bond acceptors (Lipinski definition) is 2. The Morgan fingerprint density at radius 2 is 1.36 bits per heavy atom. The summed E-state index contributed by atoms with van der Waals surface area (Å²) in [6.45, 7) is 10.0. The molecule has 2 nitrogen and oxygen atoms in total. The van der Waals surface area contributed by atoms with Gasteiger partial charge in [-0.3, -0.25) is 9.59 Å². The standard InChI is InChI=1S/C20H30O2/c1-16(2)14-20(22)15-19(5)11-7-9-17(3)8-6-10-18(4)12-13-21/h8,11-14H,6-7,9-10,15H2,1-5H3/b17-8+,18-12+,19-11+. The monoisotopic (exact) mass is 302 g/mol. The molecule has 0 spiro atoms. The Morgan fingerprint density at radius 3 is 1.91 bits per heavy atom. The average molecular weight is 302 g/mol. The normalized spacial score (nSPS) is 13.0. The smallest absolute Gasteiger partial charge is 0.159 e. The van der Waals surface area contributed by atoms with E-state index < -0.39 is 0 Å². The Balaban J connectivity index is 4.13. The first-order valence-electron chi connectivity index (χ1n) is 7.95. The van der Waals surface area contributed by atoms with E-state index >= 15 is 0 Å². The third-order valence-corrected chi connectivity index (χ3v) is 3.32. The van der Waals surface area contributed by atoms with Crippen LogP contribution in [0.5, 0.6) is 0 Å². The van der Waals surface area contributed by atoms with E-state index in [-0.39, 0.29) is 5.78 Å². The van der Waals surface area contributed by atoms with Crippen molar-refractivity contribution in [1.82, 2.24) is 0 Å². The van der Waals surface area contributed by atoms with Gasteiger partial charge in [0, 0.05) is 6.42 Å². The molecule has 22 heavy (non-hydrogen) atoms. The van der Waals surface area contributed by atoms with E-state index in [1.165, 1.54) is 5.57 Å². The minimum Gasteiger partial charge on any atom is -0.299 e. The van der Waals surface area contributed by atoms with Crippen molar-refractivity contribution >= 4 is 12.1 Å². The Bertz CT molecular complexity index is 484. The van der Waals surface area contributed by atoms with Crippen LogP contribution in [0.2, 0.25) is 0 Å². The summed E-state index contributed by atoms with van der Waals surface area (Å²) in [7, 11) is 0. The van der Waals surface area contributed by atoms with E-state index in [0.29, 0.717) is 6.42 Å². The number of hydrogen-bond donors (Lipinski definition) is 0. The van der Waals surface area contributed by atoms with Crippen molar-refractivity contribution in [1.29, 1.82) is 0 Å². The lowest BCUT2D eigenvalue weighted by atomic mass is 10.0. The van der Waals surface area contributed by atoms with E-state index in [1.54, 1.807) is 12.2 Å².